The molecule has 5 N–H and O–H groups in total. The van der Waals surface area contributed by atoms with Crippen LogP contribution in [0.15, 0.2) is 191 Å². The topological polar surface area (TPSA) is 310 Å². The third-order valence-corrected chi connectivity index (χ3v) is 12.1. The molecule has 10 aromatic rings. The number of pyridine rings is 6. The lowest BCUT2D eigenvalue weighted by Crippen LogP contribution is -2.34. The molecule has 0 aliphatic rings. The third kappa shape index (κ3) is 13.7. The van der Waals surface area contributed by atoms with Crippen LogP contribution in [0.4, 0.5) is 47.1 Å². The summed E-state index contributed by atoms with van der Waals surface area (Å²) in [6, 6.07) is 37.9. The highest BCUT2D eigenvalue weighted by atomic mass is 35.5. The summed E-state index contributed by atoms with van der Waals surface area (Å²) in [7, 11) is 0. The van der Waals surface area contributed by atoms with E-state index in [1.54, 1.807) is 78.5 Å². The Morgan fingerprint density at radius 1 is 0.438 bits per heavy atom. The highest BCUT2D eigenvalue weighted by molar-refractivity contribution is 6.32. The second-order valence-corrected chi connectivity index (χ2v) is 18.0. The molecule has 0 aliphatic heterocycles. The van der Waals surface area contributed by atoms with E-state index in [1.807, 2.05) is 82.6 Å². The summed E-state index contributed by atoms with van der Waals surface area (Å²) in [5.41, 5.74) is 10.0. The zero-order valence-corrected chi connectivity index (χ0v) is 43.4. The van der Waals surface area contributed by atoms with Crippen molar-refractivity contribution < 1.29 is 20.1 Å². The van der Waals surface area contributed by atoms with Gasteiger partial charge in [-0.25, -0.2) is 0 Å². The highest BCUT2D eigenvalue weighted by Crippen LogP contribution is 2.42. The first-order valence-electron chi connectivity index (χ1n) is 24.3. The van der Waals surface area contributed by atoms with Gasteiger partial charge in [-0.3, -0.25) is 34.8 Å². The molecule has 24 nitrogen and oxygen atoms in total. The maximum absolute atomic E-state index is 11.2. The average Bonchev–Trinajstić information content (AvgIpc) is 3.48. The van der Waals surface area contributed by atoms with Gasteiger partial charge in [0.25, 0.3) is 11.9 Å². The number of phenols is 3. The van der Waals surface area contributed by atoms with Gasteiger partial charge in [-0.1, -0.05) is 59.6 Å². The molecule has 0 saturated heterocycles. The molecular weight excluding hydrogens is 1060 g/mol. The number of azo groups is 2. The number of nitrogen functional groups attached to an aromatic ring is 1. The van der Waals surface area contributed by atoms with E-state index in [0.717, 1.165) is 28.8 Å². The summed E-state index contributed by atoms with van der Waals surface area (Å²) < 4.78 is 6.88. The fraction of sp³-hybridized carbons (Fsp3) is 0.111. The molecule has 0 aliphatic carbocycles. The van der Waals surface area contributed by atoms with Gasteiger partial charge in [0.2, 0.25) is 30.0 Å². The van der Waals surface area contributed by atoms with Crippen LogP contribution in [0, 0.1) is 0 Å². The van der Waals surface area contributed by atoms with Crippen LogP contribution in [0.2, 0.25) is 10.0 Å². The van der Waals surface area contributed by atoms with E-state index < -0.39 is 12.0 Å². The first kappa shape index (κ1) is 53.0. The van der Waals surface area contributed by atoms with Crippen molar-refractivity contribution >= 4 is 70.3 Å². The first-order chi connectivity index (χ1) is 39.1. The summed E-state index contributed by atoms with van der Waals surface area (Å²) in [5.74, 6) is -1.52. The second kappa shape index (κ2) is 25.1. The van der Waals surface area contributed by atoms with Crippen molar-refractivity contribution in [2.24, 2.45) is 20.5 Å². The fourth-order valence-electron chi connectivity index (χ4n) is 7.73. The third-order valence-electron chi connectivity index (χ3n) is 11.5. The molecule has 0 saturated carbocycles. The SMILES string of the molecule is Nc1nc(/N=N/c2cc(Cl)c(O)cc2O)nc(N(Cc2ccccn2)C(Oc2cc(O)c(Cl)cc2/N=N/c2nc(N(Cc3ccccn3)Cc3ccccn3)nc(N(Cc3ccccn3)Cc3ccccn3)n2)c2ccccn2)n1. The summed E-state index contributed by atoms with van der Waals surface area (Å²) in [6.45, 7) is 1.02. The van der Waals surface area contributed by atoms with Gasteiger partial charge in [-0.2, -0.15) is 29.9 Å². The Labute approximate surface area is 465 Å². The number of anilines is 4. The van der Waals surface area contributed by atoms with Crippen LogP contribution in [0.25, 0.3) is 0 Å². The maximum atomic E-state index is 11.2. The molecule has 0 amide bonds. The molecule has 26 heteroatoms. The van der Waals surface area contributed by atoms with E-state index in [0.29, 0.717) is 11.4 Å². The van der Waals surface area contributed by atoms with Crippen molar-refractivity contribution in [2.75, 3.05) is 20.4 Å². The van der Waals surface area contributed by atoms with E-state index in [1.165, 1.54) is 18.2 Å². The van der Waals surface area contributed by atoms with Crippen molar-refractivity contribution in [1.82, 2.24) is 59.8 Å². The number of hydrogen-bond acceptors (Lipinski definition) is 24. The minimum Gasteiger partial charge on any atom is -0.506 e. The zero-order valence-electron chi connectivity index (χ0n) is 41.9. The summed E-state index contributed by atoms with van der Waals surface area (Å²) in [6.07, 6.45) is 8.74. The number of aromatic nitrogens is 12. The molecular formula is C54H44Cl2N20O4. The van der Waals surface area contributed by atoms with E-state index in [-0.39, 0.29) is 107 Å². The minimum absolute atomic E-state index is 0.0182. The van der Waals surface area contributed by atoms with Gasteiger partial charge in [-0.15, -0.1) is 20.5 Å². The zero-order chi connectivity index (χ0) is 55.2. The largest absolute Gasteiger partial charge is 0.506 e. The number of phenolic OH excluding ortho intramolecular Hbond substituents is 3. The Balaban J connectivity index is 1.08. The van der Waals surface area contributed by atoms with E-state index in [2.05, 4.69) is 65.3 Å². The van der Waals surface area contributed by atoms with Gasteiger partial charge in [0, 0.05) is 49.3 Å². The van der Waals surface area contributed by atoms with Gasteiger partial charge < -0.3 is 35.6 Å². The molecule has 80 heavy (non-hydrogen) atoms. The van der Waals surface area contributed by atoms with Crippen LogP contribution in [0.1, 0.15) is 40.4 Å². The highest BCUT2D eigenvalue weighted by Gasteiger charge is 2.30. The summed E-state index contributed by atoms with van der Waals surface area (Å²) >= 11 is 12.8. The van der Waals surface area contributed by atoms with Crippen LogP contribution in [-0.2, 0) is 32.7 Å². The lowest BCUT2D eigenvalue weighted by molar-refractivity contribution is 0.190. The molecule has 1 atom stereocenters. The van der Waals surface area contributed by atoms with Crippen LogP contribution in [-0.4, -0.2) is 75.1 Å². The molecule has 0 spiro atoms. The normalized spacial score (nSPS) is 11.7. The summed E-state index contributed by atoms with van der Waals surface area (Å²) in [4.78, 5) is 61.1. The number of benzene rings is 2. The monoisotopic (exact) mass is 1110 g/mol. The van der Waals surface area contributed by atoms with Gasteiger partial charge in [0.15, 0.2) is 5.75 Å². The molecule has 0 radical (unpaired) electrons. The standard InChI is InChI=1S/C54H44Cl2N20O4/c55-39-25-42(46(79)27-44(39)77)70-72-50-64-49(57)65-54(68-50)76(33-38-17-5-11-23-62-38)48(41-18-6-12-24-63-41)80-47-28-45(78)40(56)26-43(47)71-73-51-66-52(74(29-34-13-1-7-19-58-34)30-35-14-2-8-20-59-35)69-53(67-51)75(31-36-15-3-9-21-60-36)32-37-16-4-10-22-61-37/h1-28,48,77-79H,29-33H2,(H2,57,64,65,68)/b72-70+,73-71+. The number of nitrogens with two attached hydrogens (primary N) is 1. The van der Waals surface area contributed by atoms with Gasteiger partial charge >= 0.3 is 0 Å². The Morgan fingerprint density at radius 2 is 0.863 bits per heavy atom. The molecule has 0 fully saturated rings. The van der Waals surface area contributed by atoms with Gasteiger partial charge in [0.05, 0.1) is 71.2 Å². The first-order valence-corrected chi connectivity index (χ1v) is 25.0. The Bertz CT molecular complexity index is 3550. The van der Waals surface area contributed by atoms with E-state index in [4.69, 9.17) is 48.6 Å². The van der Waals surface area contributed by atoms with E-state index in [9.17, 15) is 15.3 Å². The Hall–Kier alpha value is -10.5. The minimum atomic E-state index is -1.27. The van der Waals surface area contributed by atoms with Gasteiger partial charge in [-0.05, 0) is 84.9 Å². The predicted molar refractivity (Wildman–Crippen MR) is 295 cm³/mol. The number of hydrogen-bond donors (Lipinski definition) is 4. The molecule has 2 aromatic carbocycles. The molecule has 1 unspecified atom stereocenters. The Morgan fingerprint density at radius 3 is 1.34 bits per heavy atom. The molecule has 398 valence electrons. The molecule has 0 bridgehead atoms. The number of ether oxygens (including phenoxy) is 1. The van der Waals surface area contributed by atoms with Gasteiger partial charge in [0.1, 0.15) is 34.3 Å². The predicted octanol–water partition coefficient (Wildman–Crippen LogP) is 10.5. The number of rotatable bonds is 21. The van der Waals surface area contributed by atoms with Crippen molar-refractivity contribution in [3.05, 3.63) is 215 Å². The second-order valence-electron chi connectivity index (χ2n) is 17.2. The molecule has 8 heterocycles. The number of halogens is 2. The van der Waals surface area contributed by atoms with Crippen LogP contribution in [0.3, 0.4) is 0 Å². The Kier molecular flexibility index (Phi) is 16.6. The number of aromatic hydroxyl groups is 3. The quantitative estimate of drug-likeness (QED) is 0.0384. The average molecular weight is 1110 g/mol. The lowest BCUT2D eigenvalue weighted by Gasteiger charge is -2.31. The van der Waals surface area contributed by atoms with E-state index >= 15 is 0 Å². The molecule has 8 aromatic heterocycles. The fourth-order valence-corrected chi connectivity index (χ4v) is 8.05. The van der Waals surface area contributed by atoms with Crippen molar-refractivity contribution in [3.8, 4) is 23.0 Å². The molecule has 10 rings (SSSR count). The maximum Gasteiger partial charge on any atom is 0.275 e. The number of nitrogens with zero attached hydrogens (tertiary/aromatic N) is 19. The van der Waals surface area contributed by atoms with Crippen molar-refractivity contribution in [2.45, 2.75) is 39.0 Å². The van der Waals surface area contributed by atoms with Crippen LogP contribution in [0.5, 0.6) is 23.0 Å². The lowest BCUT2D eigenvalue weighted by atomic mass is 10.2. The van der Waals surface area contributed by atoms with Crippen LogP contribution < -0.4 is 25.2 Å². The van der Waals surface area contributed by atoms with Crippen molar-refractivity contribution in [3.63, 3.8) is 0 Å². The summed E-state index contributed by atoms with van der Waals surface area (Å²) in [5, 5.41) is 49.0. The van der Waals surface area contributed by atoms with Crippen molar-refractivity contribution in [1.29, 1.82) is 0 Å². The smallest absolute Gasteiger partial charge is 0.275 e. The van der Waals surface area contributed by atoms with Crippen LogP contribution >= 0.6 is 23.2 Å².